The van der Waals surface area contributed by atoms with Crippen LogP contribution in [0.1, 0.15) is 11.7 Å². The molecule has 29 heavy (non-hydrogen) atoms. The van der Waals surface area contributed by atoms with Gasteiger partial charge in [0.05, 0.1) is 0 Å². The largest absolute Gasteiger partial charge is 0.573 e. The van der Waals surface area contributed by atoms with Crippen LogP contribution in [0.5, 0.6) is 5.75 Å². The molecule has 0 saturated heterocycles. The maximum Gasteiger partial charge on any atom is 0.573 e. The fraction of sp³-hybridized carbons (Fsp3) is 0.176. The first-order valence-corrected chi connectivity index (χ1v) is 8.69. The van der Waals surface area contributed by atoms with E-state index in [1.54, 1.807) is 18.3 Å². The highest BCUT2D eigenvalue weighted by Gasteiger charge is 2.30. The van der Waals surface area contributed by atoms with Gasteiger partial charge < -0.3 is 9.26 Å². The van der Waals surface area contributed by atoms with E-state index < -0.39 is 12.1 Å². The number of benzene rings is 1. The van der Waals surface area contributed by atoms with E-state index in [2.05, 4.69) is 20.0 Å². The van der Waals surface area contributed by atoms with Gasteiger partial charge in [0.25, 0.3) is 0 Å². The molecule has 150 valence electrons. The molecule has 0 aliphatic heterocycles. The monoisotopic (exact) mass is 425 g/mol. The first-order valence-electron chi connectivity index (χ1n) is 8.15. The van der Waals surface area contributed by atoms with Crippen LogP contribution in [0, 0.1) is 0 Å². The van der Waals surface area contributed by atoms with Crippen molar-refractivity contribution in [2.45, 2.75) is 18.8 Å². The summed E-state index contributed by atoms with van der Waals surface area (Å²) in [6, 6.07) is 8.64. The standard InChI is InChI=1S/C17H11ClF3N5O3/c18-7-15-22-13(24-29-15)9-26-16(27)25-8-11(3-6-14(25)23-26)10-1-4-12(5-2-10)28-17(19,20)21/h1-6,8H,7,9H2. The Balaban J connectivity index is 1.62. The highest BCUT2D eigenvalue weighted by Crippen LogP contribution is 2.26. The van der Waals surface area contributed by atoms with Crippen molar-refractivity contribution in [3.8, 4) is 16.9 Å². The Kier molecular flexibility index (Phi) is 4.74. The number of pyridine rings is 1. The van der Waals surface area contributed by atoms with Crippen molar-refractivity contribution < 1.29 is 22.4 Å². The van der Waals surface area contributed by atoms with E-state index in [1.807, 2.05) is 0 Å². The Labute approximate surface area is 165 Å². The smallest absolute Gasteiger partial charge is 0.406 e. The fourth-order valence-corrected chi connectivity index (χ4v) is 2.79. The van der Waals surface area contributed by atoms with E-state index >= 15 is 0 Å². The van der Waals surface area contributed by atoms with Crippen LogP contribution in [0.3, 0.4) is 0 Å². The van der Waals surface area contributed by atoms with Gasteiger partial charge in [-0.3, -0.25) is 0 Å². The van der Waals surface area contributed by atoms with Crippen LogP contribution in [-0.2, 0) is 12.4 Å². The number of ether oxygens (including phenoxy) is 1. The van der Waals surface area contributed by atoms with Crippen molar-refractivity contribution in [3.05, 3.63) is 64.8 Å². The Morgan fingerprint density at radius 1 is 1.10 bits per heavy atom. The summed E-state index contributed by atoms with van der Waals surface area (Å²) in [4.78, 5) is 16.6. The van der Waals surface area contributed by atoms with Crippen LogP contribution in [0.15, 0.2) is 51.9 Å². The van der Waals surface area contributed by atoms with Crippen molar-refractivity contribution in [2.75, 3.05) is 0 Å². The molecule has 8 nitrogen and oxygen atoms in total. The molecule has 0 aliphatic rings. The number of aromatic nitrogens is 5. The van der Waals surface area contributed by atoms with Crippen LogP contribution in [0.25, 0.3) is 16.8 Å². The Bertz CT molecular complexity index is 1210. The number of fused-ring (bicyclic) bond motifs is 1. The van der Waals surface area contributed by atoms with E-state index in [0.29, 0.717) is 16.8 Å². The van der Waals surface area contributed by atoms with Crippen LogP contribution < -0.4 is 10.4 Å². The van der Waals surface area contributed by atoms with Crippen LogP contribution in [0.2, 0.25) is 0 Å². The Hall–Kier alpha value is -3.34. The molecular formula is C17H11ClF3N5O3. The van der Waals surface area contributed by atoms with E-state index in [4.69, 9.17) is 16.1 Å². The average Bonchev–Trinajstić information content (AvgIpc) is 3.26. The minimum atomic E-state index is -4.76. The SMILES string of the molecule is O=c1n(Cc2noc(CCl)n2)nc2ccc(-c3ccc(OC(F)(F)F)cc3)cn12. The van der Waals surface area contributed by atoms with Gasteiger partial charge in [-0.05, 0) is 35.4 Å². The first kappa shape index (κ1) is 19.0. The normalized spacial score (nSPS) is 11.9. The second kappa shape index (κ2) is 7.24. The first-order chi connectivity index (χ1) is 13.8. The van der Waals surface area contributed by atoms with Crippen molar-refractivity contribution in [1.82, 2.24) is 24.3 Å². The number of hydrogen-bond acceptors (Lipinski definition) is 6. The van der Waals surface area contributed by atoms with Gasteiger partial charge in [-0.1, -0.05) is 17.3 Å². The molecule has 0 amide bonds. The lowest BCUT2D eigenvalue weighted by molar-refractivity contribution is -0.274. The third-order valence-corrected chi connectivity index (χ3v) is 4.14. The molecule has 12 heteroatoms. The summed E-state index contributed by atoms with van der Waals surface area (Å²) >= 11 is 5.61. The summed E-state index contributed by atoms with van der Waals surface area (Å²) in [6.07, 6.45) is -3.22. The minimum Gasteiger partial charge on any atom is -0.406 e. The second-order valence-corrected chi connectivity index (χ2v) is 6.16. The number of alkyl halides is 4. The molecular weight excluding hydrogens is 415 g/mol. The van der Waals surface area contributed by atoms with E-state index in [-0.39, 0.29) is 29.9 Å². The summed E-state index contributed by atoms with van der Waals surface area (Å²) in [7, 11) is 0. The van der Waals surface area contributed by atoms with Gasteiger partial charge in [0.15, 0.2) is 11.5 Å². The molecule has 3 heterocycles. The lowest BCUT2D eigenvalue weighted by Crippen LogP contribution is -2.22. The van der Waals surface area contributed by atoms with Gasteiger partial charge in [-0.2, -0.15) is 4.98 Å². The zero-order valence-electron chi connectivity index (χ0n) is 14.4. The summed E-state index contributed by atoms with van der Waals surface area (Å²) in [5.41, 5.74) is 1.17. The van der Waals surface area contributed by atoms with Crippen molar-refractivity contribution >= 4 is 17.2 Å². The highest BCUT2D eigenvalue weighted by atomic mass is 35.5. The summed E-state index contributed by atoms with van der Waals surface area (Å²) < 4.78 is 48.1. The number of nitrogens with zero attached hydrogens (tertiary/aromatic N) is 5. The van der Waals surface area contributed by atoms with Gasteiger partial charge in [0.2, 0.25) is 5.89 Å². The van der Waals surface area contributed by atoms with Crippen LogP contribution in [-0.4, -0.2) is 30.7 Å². The van der Waals surface area contributed by atoms with Gasteiger partial charge in [0, 0.05) is 6.20 Å². The molecule has 3 aromatic heterocycles. The predicted octanol–water partition coefficient (Wildman–Crippen LogP) is 3.23. The molecule has 0 fully saturated rings. The van der Waals surface area contributed by atoms with Gasteiger partial charge in [0.1, 0.15) is 18.2 Å². The second-order valence-electron chi connectivity index (χ2n) is 5.90. The summed E-state index contributed by atoms with van der Waals surface area (Å²) in [5, 5.41) is 7.92. The number of rotatable bonds is 5. The minimum absolute atomic E-state index is 0.000284. The lowest BCUT2D eigenvalue weighted by atomic mass is 10.1. The van der Waals surface area contributed by atoms with Crippen molar-refractivity contribution in [3.63, 3.8) is 0 Å². The molecule has 0 bridgehead atoms. The molecule has 0 N–H and O–H groups in total. The highest BCUT2D eigenvalue weighted by molar-refractivity contribution is 6.16. The molecule has 4 rings (SSSR count). The molecule has 0 aliphatic carbocycles. The van der Waals surface area contributed by atoms with E-state index in [0.717, 1.165) is 0 Å². The molecule has 0 spiro atoms. The predicted molar refractivity (Wildman–Crippen MR) is 94.5 cm³/mol. The van der Waals surface area contributed by atoms with Gasteiger partial charge in [-0.25, -0.2) is 13.9 Å². The molecule has 0 saturated carbocycles. The zero-order valence-corrected chi connectivity index (χ0v) is 15.2. The molecule has 0 radical (unpaired) electrons. The third kappa shape index (κ3) is 4.09. The van der Waals surface area contributed by atoms with E-state index in [9.17, 15) is 18.0 Å². The van der Waals surface area contributed by atoms with Gasteiger partial charge >= 0.3 is 12.1 Å². The van der Waals surface area contributed by atoms with Crippen molar-refractivity contribution in [2.24, 2.45) is 0 Å². The quantitative estimate of drug-likeness (QED) is 0.456. The maximum absolute atomic E-state index is 12.6. The van der Waals surface area contributed by atoms with Gasteiger partial charge in [-0.15, -0.1) is 29.9 Å². The number of halogens is 4. The number of hydrogen-bond donors (Lipinski definition) is 0. The average molecular weight is 426 g/mol. The molecule has 0 atom stereocenters. The third-order valence-electron chi connectivity index (χ3n) is 3.91. The molecule has 1 aromatic carbocycles. The molecule has 4 aromatic rings. The maximum atomic E-state index is 12.6. The van der Waals surface area contributed by atoms with Crippen molar-refractivity contribution in [1.29, 1.82) is 0 Å². The van der Waals surface area contributed by atoms with Crippen LogP contribution in [0.4, 0.5) is 13.2 Å². The van der Waals surface area contributed by atoms with Crippen LogP contribution >= 0.6 is 11.6 Å². The molecule has 0 unspecified atom stereocenters. The zero-order chi connectivity index (χ0) is 20.6. The Morgan fingerprint density at radius 2 is 1.83 bits per heavy atom. The fourth-order valence-electron chi connectivity index (χ4n) is 2.68. The van der Waals surface area contributed by atoms with E-state index in [1.165, 1.54) is 33.3 Å². The summed E-state index contributed by atoms with van der Waals surface area (Å²) in [6.45, 7) is -0.000284. The lowest BCUT2D eigenvalue weighted by Gasteiger charge is -2.09. The topological polar surface area (TPSA) is 87.5 Å². The summed E-state index contributed by atoms with van der Waals surface area (Å²) in [5.74, 6) is 0.220. The Morgan fingerprint density at radius 3 is 2.48 bits per heavy atom.